The summed E-state index contributed by atoms with van der Waals surface area (Å²) in [6.45, 7) is 4.86. The summed E-state index contributed by atoms with van der Waals surface area (Å²) in [5.41, 5.74) is 3.94. The lowest BCUT2D eigenvalue weighted by atomic mass is 9.61. The fourth-order valence-corrected chi connectivity index (χ4v) is 4.80. The van der Waals surface area contributed by atoms with E-state index in [0.29, 0.717) is 5.41 Å². The molecule has 0 saturated heterocycles. The number of fused-ring (bicyclic) bond motifs is 2. The van der Waals surface area contributed by atoms with Gasteiger partial charge in [0, 0.05) is 0 Å². The van der Waals surface area contributed by atoms with Crippen LogP contribution in [0.3, 0.4) is 0 Å². The van der Waals surface area contributed by atoms with Gasteiger partial charge in [0.15, 0.2) is 0 Å². The largest absolute Gasteiger partial charge is 0.0824 e. The third-order valence-electron chi connectivity index (χ3n) is 5.68. The molecule has 0 N–H and O–H groups in total. The Morgan fingerprint density at radius 3 is 2.86 bits per heavy atom. The normalized spacial score (nSPS) is 29.8. The molecule has 0 radical (unpaired) electrons. The SMILES string of the molecule is CC1C=C2CCCC(CCC(C)Cc3ccccc3)(C2)C1. The van der Waals surface area contributed by atoms with Gasteiger partial charge in [0.2, 0.25) is 0 Å². The lowest BCUT2D eigenvalue weighted by Gasteiger charge is -2.44. The lowest BCUT2D eigenvalue weighted by Crippen LogP contribution is -2.31. The number of benzene rings is 1. The van der Waals surface area contributed by atoms with Crippen LogP contribution in [-0.2, 0) is 6.42 Å². The summed E-state index contributed by atoms with van der Waals surface area (Å²) in [5, 5.41) is 0. The van der Waals surface area contributed by atoms with Gasteiger partial charge in [-0.15, -0.1) is 0 Å². The molecular weight excluding hydrogens is 252 g/mol. The van der Waals surface area contributed by atoms with Crippen LogP contribution in [-0.4, -0.2) is 0 Å². The molecule has 114 valence electrons. The van der Waals surface area contributed by atoms with Gasteiger partial charge in [-0.05, 0) is 74.2 Å². The summed E-state index contributed by atoms with van der Waals surface area (Å²) in [6, 6.07) is 11.0. The first-order valence-corrected chi connectivity index (χ1v) is 8.89. The van der Waals surface area contributed by atoms with Gasteiger partial charge >= 0.3 is 0 Å². The molecule has 2 aliphatic carbocycles. The highest BCUT2D eigenvalue weighted by Gasteiger charge is 2.37. The Labute approximate surface area is 130 Å². The fraction of sp³-hybridized carbons (Fsp3) is 0.619. The first-order valence-electron chi connectivity index (χ1n) is 8.89. The van der Waals surface area contributed by atoms with E-state index in [0.717, 1.165) is 11.8 Å². The van der Waals surface area contributed by atoms with Crippen molar-refractivity contribution in [1.29, 1.82) is 0 Å². The highest BCUT2D eigenvalue weighted by Crippen LogP contribution is 2.51. The standard InChI is InChI=1S/C21H30/c1-17(13-19-7-4-3-5-8-19)10-12-21-11-6-9-20(16-21)14-18(2)15-21/h3-5,7-8,14,17-18H,6,9-13,15-16H2,1-2H3. The fourth-order valence-electron chi connectivity index (χ4n) is 4.80. The second-order valence-electron chi connectivity index (χ2n) is 7.87. The number of rotatable bonds is 5. The van der Waals surface area contributed by atoms with Crippen molar-refractivity contribution in [3.05, 3.63) is 47.5 Å². The first-order chi connectivity index (χ1) is 10.2. The van der Waals surface area contributed by atoms with Gasteiger partial charge in [-0.3, -0.25) is 0 Å². The highest BCUT2D eigenvalue weighted by atomic mass is 14.4. The zero-order chi connectivity index (χ0) is 14.7. The summed E-state index contributed by atoms with van der Waals surface area (Å²) in [4.78, 5) is 0. The van der Waals surface area contributed by atoms with Crippen LogP contribution < -0.4 is 0 Å². The monoisotopic (exact) mass is 282 g/mol. The van der Waals surface area contributed by atoms with E-state index in [1.807, 2.05) is 0 Å². The molecule has 1 aromatic rings. The van der Waals surface area contributed by atoms with Gasteiger partial charge in [0.05, 0.1) is 0 Å². The molecule has 3 atom stereocenters. The molecule has 1 fully saturated rings. The molecule has 2 bridgehead atoms. The number of allylic oxidation sites excluding steroid dienone is 2. The molecule has 3 unspecified atom stereocenters. The molecule has 0 spiro atoms. The average molecular weight is 282 g/mol. The molecule has 1 saturated carbocycles. The van der Waals surface area contributed by atoms with Crippen LogP contribution in [0.2, 0.25) is 0 Å². The molecule has 0 amide bonds. The molecule has 0 nitrogen and oxygen atoms in total. The maximum Gasteiger partial charge on any atom is -0.0253 e. The minimum atomic E-state index is 0.659. The summed E-state index contributed by atoms with van der Waals surface area (Å²) < 4.78 is 0. The van der Waals surface area contributed by atoms with Crippen LogP contribution >= 0.6 is 0 Å². The maximum absolute atomic E-state index is 2.57. The zero-order valence-electron chi connectivity index (χ0n) is 13.8. The van der Waals surface area contributed by atoms with E-state index < -0.39 is 0 Å². The van der Waals surface area contributed by atoms with Crippen molar-refractivity contribution in [2.75, 3.05) is 0 Å². The summed E-state index contributed by atoms with van der Waals surface area (Å²) >= 11 is 0. The van der Waals surface area contributed by atoms with Gasteiger partial charge in [-0.2, -0.15) is 0 Å². The molecule has 3 rings (SSSR count). The second-order valence-corrected chi connectivity index (χ2v) is 7.87. The van der Waals surface area contributed by atoms with Gasteiger partial charge in [0.25, 0.3) is 0 Å². The van der Waals surface area contributed by atoms with Crippen molar-refractivity contribution in [3.63, 3.8) is 0 Å². The van der Waals surface area contributed by atoms with Crippen molar-refractivity contribution in [3.8, 4) is 0 Å². The summed E-state index contributed by atoms with van der Waals surface area (Å²) in [7, 11) is 0. The minimum absolute atomic E-state index is 0.659. The molecular formula is C21H30. The summed E-state index contributed by atoms with van der Waals surface area (Å²) in [5.74, 6) is 1.63. The zero-order valence-corrected chi connectivity index (χ0v) is 13.8. The highest BCUT2D eigenvalue weighted by molar-refractivity contribution is 5.17. The third kappa shape index (κ3) is 3.78. The Balaban J connectivity index is 1.56. The van der Waals surface area contributed by atoms with E-state index in [9.17, 15) is 0 Å². The van der Waals surface area contributed by atoms with E-state index in [4.69, 9.17) is 0 Å². The molecule has 2 aliphatic rings. The second kappa shape index (κ2) is 6.38. The smallest absolute Gasteiger partial charge is 0.0253 e. The van der Waals surface area contributed by atoms with E-state index in [1.165, 1.54) is 56.9 Å². The van der Waals surface area contributed by atoms with Crippen LogP contribution in [0, 0.1) is 17.3 Å². The molecule has 0 heterocycles. The van der Waals surface area contributed by atoms with Crippen LogP contribution in [0.5, 0.6) is 0 Å². The topological polar surface area (TPSA) is 0 Å². The molecule has 0 aromatic heterocycles. The van der Waals surface area contributed by atoms with Crippen LogP contribution in [0.15, 0.2) is 42.0 Å². The Kier molecular flexibility index (Phi) is 4.52. The number of hydrogen-bond donors (Lipinski definition) is 0. The quantitative estimate of drug-likeness (QED) is 0.566. The number of hydrogen-bond acceptors (Lipinski definition) is 0. The average Bonchev–Trinajstić information content (AvgIpc) is 2.46. The molecule has 21 heavy (non-hydrogen) atoms. The van der Waals surface area contributed by atoms with E-state index in [-0.39, 0.29) is 0 Å². The summed E-state index contributed by atoms with van der Waals surface area (Å²) in [6.07, 6.45) is 13.8. The Bertz CT molecular complexity index is 484. The van der Waals surface area contributed by atoms with Crippen molar-refractivity contribution in [2.24, 2.45) is 17.3 Å². The van der Waals surface area contributed by atoms with Crippen molar-refractivity contribution in [1.82, 2.24) is 0 Å². The van der Waals surface area contributed by atoms with E-state index >= 15 is 0 Å². The Morgan fingerprint density at radius 2 is 2.05 bits per heavy atom. The predicted molar refractivity (Wildman–Crippen MR) is 91.3 cm³/mol. The van der Waals surface area contributed by atoms with Gasteiger partial charge < -0.3 is 0 Å². The molecule has 0 aliphatic heterocycles. The Morgan fingerprint density at radius 1 is 1.24 bits per heavy atom. The maximum atomic E-state index is 2.57. The van der Waals surface area contributed by atoms with E-state index in [1.54, 1.807) is 5.57 Å². The Hall–Kier alpha value is -1.04. The van der Waals surface area contributed by atoms with Crippen molar-refractivity contribution in [2.45, 2.75) is 65.2 Å². The van der Waals surface area contributed by atoms with E-state index in [2.05, 4.69) is 50.3 Å². The lowest BCUT2D eigenvalue weighted by molar-refractivity contribution is 0.144. The van der Waals surface area contributed by atoms with Crippen LogP contribution in [0.1, 0.15) is 64.4 Å². The third-order valence-corrected chi connectivity index (χ3v) is 5.68. The van der Waals surface area contributed by atoms with Gasteiger partial charge in [-0.25, -0.2) is 0 Å². The predicted octanol–water partition coefficient (Wildman–Crippen LogP) is 6.17. The van der Waals surface area contributed by atoms with Crippen molar-refractivity contribution < 1.29 is 0 Å². The van der Waals surface area contributed by atoms with Crippen LogP contribution in [0.4, 0.5) is 0 Å². The van der Waals surface area contributed by atoms with Crippen LogP contribution in [0.25, 0.3) is 0 Å². The van der Waals surface area contributed by atoms with Gasteiger partial charge in [-0.1, -0.05) is 55.8 Å². The first kappa shape index (κ1) is 14.9. The van der Waals surface area contributed by atoms with Gasteiger partial charge in [0.1, 0.15) is 0 Å². The molecule has 1 aromatic carbocycles. The molecule has 0 heteroatoms. The minimum Gasteiger partial charge on any atom is -0.0824 e. The van der Waals surface area contributed by atoms with Crippen molar-refractivity contribution >= 4 is 0 Å².